The van der Waals surface area contributed by atoms with Crippen molar-refractivity contribution in [1.29, 1.82) is 0 Å². The van der Waals surface area contributed by atoms with E-state index in [9.17, 15) is 0 Å². The van der Waals surface area contributed by atoms with Gasteiger partial charge < -0.3 is 5.32 Å². The molecule has 1 N–H and O–H groups in total. The molecular weight excluding hydrogens is 228 g/mol. The molecule has 0 atom stereocenters. The SMILES string of the molecule is Cl.Clc1ccc2c(c1Cl)CCNC2. The lowest BCUT2D eigenvalue weighted by atomic mass is 10.0. The lowest BCUT2D eigenvalue weighted by Crippen LogP contribution is -2.23. The van der Waals surface area contributed by atoms with E-state index in [4.69, 9.17) is 23.2 Å². The highest BCUT2D eigenvalue weighted by Crippen LogP contribution is 2.30. The van der Waals surface area contributed by atoms with Crippen LogP contribution in [-0.4, -0.2) is 6.54 Å². The molecule has 1 nitrogen and oxygen atoms in total. The highest BCUT2D eigenvalue weighted by Gasteiger charge is 2.13. The second-order valence-electron chi connectivity index (χ2n) is 2.93. The Morgan fingerprint density at radius 3 is 2.77 bits per heavy atom. The smallest absolute Gasteiger partial charge is 0.0628 e. The summed E-state index contributed by atoms with van der Waals surface area (Å²) in [7, 11) is 0. The molecule has 0 unspecified atom stereocenters. The van der Waals surface area contributed by atoms with Gasteiger partial charge in [-0.25, -0.2) is 0 Å². The van der Waals surface area contributed by atoms with Gasteiger partial charge in [-0.15, -0.1) is 12.4 Å². The van der Waals surface area contributed by atoms with Crippen LogP contribution in [0.15, 0.2) is 12.1 Å². The van der Waals surface area contributed by atoms with Crippen molar-refractivity contribution < 1.29 is 0 Å². The topological polar surface area (TPSA) is 12.0 Å². The van der Waals surface area contributed by atoms with Crippen molar-refractivity contribution in [2.24, 2.45) is 0 Å². The van der Waals surface area contributed by atoms with Crippen LogP contribution in [0.2, 0.25) is 10.0 Å². The molecule has 4 heteroatoms. The summed E-state index contributed by atoms with van der Waals surface area (Å²) in [5.41, 5.74) is 2.48. The van der Waals surface area contributed by atoms with Gasteiger partial charge in [0.05, 0.1) is 10.0 Å². The largest absolute Gasteiger partial charge is 0.312 e. The predicted octanol–water partition coefficient (Wildman–Crippen LogP) is 3.06. The Morgan fingerprint density at radius 2 is 2.00 bits per heavy atom. The molecule has 0 aliphatic carbocycles. The van der Waals surface area contributed by atoms with Crippen LogP contribution in [0.4, 0.5) is 0 Å². The maximum absolute atomic E-state index is 6.05. The van der Waals surface area contributed by atoms with E-state index in [1.54, 1.807) is 0 Å². The van der Waals surface area contributed by atoms with E-state index in [0.29, 0.717) is 5.02 Å². The molecule has 1 aromatic carbocycles. The van der Waals surface area contributed by atoms with Crippen LogP contribution in [0.1, 0.15) is 11.1 Å². The zero-order valence-corrected chi connectivity index (χ0v) is 9.27. The normalized spacial score (nSPS) is 14.6. The molecule has 0 bridgehead atoms. The number of benzene rings is 1. The van der Waals surface area contributed by atoms with Gasteiger partial charge >= 0.3 is 0 Å². The molecule has 0 saturated carbocycles. The Labute approximate surface area is 93.8 Å². The third-order valence-corrected chi connectivity index (χ3v) is 3.00. The summed E-state index contributed by atoms with van der Waals surface area (Å²) in [6, 6.07) is 3.89. The van der Waals surface area contributed by atoms with Gasteiger partial charge in [0.25, 0.3) is 0 Å². The highest BCUT2D eigenvalue weighted by atomic mass is 35.5. The Balaban J connectivity index is 0.000000845. The number of hydrogen-bond donors (Lipinski definition) is 1. The summed E-state index contributed by atoms with van der Waals surface area (Å²) in [5.74, 6) is 0. The third-order valence-electron chi connectivity index (χ3n) is 2.16. The number of fused-ring (bicyclic) bond motifs is 1. The zero-order valence-electron chi connectivity index (χ0n) is 6.94. The van der Waals surface area contributed by atoms with E-state index >= 15 is 0 Å². The van der Waals surface area contributed by atoms with Crippen molar-refractivity contribution in [3.63, 3.8) is 0 Å². The molecule has 1 aliphatic rings. The number of rotatable bonds is 0. The van der Waals surface area contributed by atoms with Gasteiger partial charge in [0.2, 0.25) is 0 Å². The van der Waals surface area contributed by atoms with Crippen molar-refractivity contribution in [1.82, 2.24) is 5.32 Å². The average Bonchev–Trinajstić information content (AvgIpc) is 2.12. The summed E-state index contributed by atoms with van der Waals surface area (Å²) in [4.78, 5) is 0. The zero-order chi connectivity index (χ0) is 8.55. The van der Waals surface area contributed by atoms with Gasteiger partial charge in [0.15, 0.2) is 0 Å². The van der Waals surface area contributed by atoms with Crippen molar-refractivity contribution in [3.8, 4) is 0 Å². The molecule has 0 saturated heterocycles. The van der Waals surface area contributed by atoms with Gasteiger partial charge in [-0.2, -0.15) is 0 Å². The second kappa shape index (κ2) is 4.52. The summed E-state index contributed by atoms with van der Waals surface area (Å²) in [6.07, 6.45) is 0.981. The first kappa shape index (κ1) is 11.1. The first-order chi connectivity index (χ1) is 5.79. The molecule has 13 heavy (non-hydrogen) atoms. The summed E-state index contributed by atoms with van der Waals surface area (Å²) >= 11 is 11.9. The second-order valence-corrected chi connectivity index (χ2v) is 3.71. The van der Waals surface area contributed by atoms with E-state index in [1.165, 1.54) is 11.1 Å². The van der Waals surface area contributed by atoms with Crippen LogP contribution >= 0.6 is 35.6 Å². The van der Waals surface area contributed by atoms with E-state index in [2.05, 4.69) is 5.32 Å². The van der Waals surface area contributed by atoms with E-state index < -0.39 is 0 Å². The lowest BCUT2D eigenvalue weighted by Gasteiger charge is -2.18. The predicted molar refractivity (Wildman–Crippen MR) is 59.1 cm³/mol. The first-order valence-electron chi connectivity index (χ1n) is 3.95. The number of nitrogens with one attached hydrogen (secondary N) is 1. The average molecular weight is 239 g/mol. The summed E-state index contributed by atoms with van der Waals surface area (Å²) < 4.78 is 0. The quantitative estimate of drug-likeness (QED) is 0.732. The minimum absolute atomic E-state index is 0. The number of hydrogen-bond acceptors (Lipinski definition) is 1. The molecule has 0 amide bonds. The van der Waals surface area contributed by atoms with Crippen LogP contribution in [0.3, 0.4) is 0 Å². The fraction of sp³-hybridized carbons (Fsp3) is 0.333. The molecule has 1 aromatic rings. The van der Waals surface area contributed by atoms with E-state index in [-0.39, 0.29) is 12.4 Å². The standard InChI is InChI=1S/C9H9Cl2N.ClH/c10-8-2-1-6-5-12-4-3-7(6)9(8)11;/h1-2,12H,3-5H2;1H. The number of halogens is 3. The van der Waals surface area contributed by atoms with Crippen molar-refractivity contribution in [2.75, 3.05) is 6.54 Å². The summed E-state index contributed by atoms with van der Waals surface area (Å²) in [6.45, 7) is 1.90. The Bertz CT molecular complexity index is 312. The Morgan fingerprint density at radius 1 is 1.23 bits per heavy atom. The van der Waals surface area contributed by atoms with Gasteiger partial charge in [-0.05, 0) is 30.2 Å². The molecular formula is C9H10Cl3N. The van der Waals surface area contributed by atoms with Gasteiger partial charge in [0, 0.05) is 6.54 Å². The van der Waals surface area contributed by atoms with Crippen LogP contribution < -0.4 is 5.32 Å². The van der Waals surface area contributed by atoms with Gasteiger partial charge in [-0.3, -0.25) is 0 Å². The molecule has 0 radical (unpaired) electrons. The van der Waals surface area contributed by atoms with Crippen molar-refractivity contribution in [2.45, 2.75) is 13.0 Å². The fourth-order valence-corrected chi connectivity index (χ4v) is 1.96. The van der Waals surface area contributed by atoms with Gasteiger partial charge in [0.1, 0.15) is 0 Å². The van der Waals surface area contributed by atoms with Crippen LogP contribution in [0.25, 0.3) is 0 Å². The van der Waals surface area contributed by atoms with E-state index in [0.717, 1.165) is 24.5 Å². The minimum atomic E-state index is 0. The van der Waals surface area contributed by atoms with Crippen LogP contribution in [0, 0.1) is 0 Å². The molecule has 72 valence electrons. The maximum atomic E-state index is 6.05. The van der Waals surface area contributed by atoms with Crippen molar-refractivity contribution in [3.05, 3.63) is 33.3 Å². The first-order valence-corrected chi connectivity index (χ1v) is 4.71. The van der Waals surface area contributed by atoms with Gasteiger partial charge in [-0.1, -0.05) is 29.3 Å². The molecule has 1 heterocycles. The van der Waals surface area contributed by atoms with Crippen LogP contribution in [0.5, 0.6) is 0 Å². The molecule has 0 aromatic heterocycles. The molecule has 2 rings (SSSR count). The van der Waals surface area contributed by atoms with Crippen molar-refractivity contribution >= 4 is 35.6 Å². The minimum Gasteiger partial charge on any atom is -0.312 e. The highest BCUT2D eigenvalue weighted by molar-refractivity contribution is 6.42. The van der Waals surface area contributed by atoms with E-state index in [1.807, 2.05) is 12.1 Å². The lowest BCUT2D eigenvalue weighted by molar-refractivity contribution is 0.644. The monoisotopic (exact) mass is 237 g/mol. The third kappa shape index (κ3) is 2.10. The van der Waals surface area contributed by atoms with Crippen LogP contribution in [-0.2, 0) is 13.0 Å². The Kier molecular flexibility index (Phi) is 3.87. The summed E-state index contributed by atoms with van der Waals surface area (Å²) in [5, 5.41) is 4.68. The molecule has 0 spiro atoms. The molecule has 1 aliphatic heterocycles. The Hall–Kier alpha value is 0.0500. The maximum Gasteiger partial charge on any atom is 0.0628 e. The molecule has 0 fully saturated rings. The fourth-order valence-electron chi connectivity index (χ4n) is 1.50.